The number of hydrogen-bond donors (Lipinski definition) is 1. The third-order valence-corrected chi connectivity index (χ3v) is 4.09. The molecule has 0 saturated heterocycles. The molecule has 124 valence electrons. The number of nitrogens with one attached hydrogen (secondary N) is 1. The minimum Gasteiger partial charge on any atom is -0.476 e. The molecule has 5 heteroatoms. The summed E-state index contributed by atoms with van der Waals surface area (Å²) in [5.41, 5.74) is 3.57. The molecule has 0 aliphatic carbocycles. The molecular formula is C19H20N2O3. The highest BCUT2D eigenvalue weighted by Crippen LogP contribution is 2.33. The Bertz CT molecular complexity index is 801. The summed E-state index contributed by atoms with van der Waals surface area (Å²) in [4.78, 5) is 26.1. The fourth-order valence-corrected chi connectivity index (χ4v) is 2.84. The molecule has 24 heavy (non-hydrogen) atoms. The summed E-state index contributed by atoms with van der Waals surface area (Å²) in [7, 11) is 0. The molecule has 1 unspecified atom stereocenters. The van der Waals surface area contributed by atoms with E-state index in [1.165, 1.54) is 6.92 Å². The first kappa shape index (κ1) is 16.1. The minimum atomic E-state index is -0.746. The van der Waals surface area contributed by atoms with E-state index in [2.05, 4.69) is 5.32 Å². The van der Waals surface area contributed by atoms with Crippen molar-refractivity contribution in [2.75, 3.05) is 16.8 Å². The number of ether oxygens (including phenoxy) is 1. The zero-order valence-corrected chi connectivity index (χ0v) is 14.0. The number of fused-ring (bicyclic) bond motifs is 1. The molecule has 1 aliphatic heterocycles. The molecular weight excluding hydrogens is 304 g/mol. The Labute approximate surface area is 141 Å². The minimum absolute atomic E-state index is 0.116. The van der Waals surface area contributed by atoms with Crippen LogP contribution in [0.2, 0.25) is 0 Å². The van der Waals surface area contributed by atoms with Gasteiger partial charge in [-0.2, -0.15) is 0 Å². The van der Waals surface area contributed by atoms with Crippen molar-refractivity contribution in [3.8, 4) is 5.75 Å². The molecule has 3 rings (SSSR count). The first-order chi connectivity index (χ1) is 11.5. The summed E-state index contributed by atoms with van der Waals surface area (Å²) in [6.07, 6.45) is -0.746. The van der Waals surface area contributed by atoms with Gasteiger partial charge in [0.25, 0.3) is 5.91 Å². The van der Waals surface area contributed by atoms with Crippen molar-refractivity contribution in [3.63, 3.8) is 0 Å². The summed E-state index contributed by atoms with van der Waals surface area (Å²) >= 11 is 0. The summed E-state index contributed by atoms with van der Waals surface area (Å²) < 4.78 is 5.80. The Kier molecular flexibility index (Phi) is 4.25. The molecule has 1 aliphatic rings. The van der Waals surface area contributed by atoms with Crippen LogP contribution in [-0.4, -0.2) is 24.5 Å². The second-order valence-electron chi connectivity index (χ2n) is 6.01. The number of rotatable bonds is 2. The second-order valence-corrected chi connectivity index (χ2v) is 6.01. The van der Waals surface area contributed by atoms with Gasteiger partial charge in [-0.15, -0.1) is 0 Å². The van der Waals surface area contributed by atoms with Gasteiger partial charge >= 0.3 is 0 Å². The Morgan fingerprint density at radius 2 is 1.92 bits per heavy atom. The monoisotopic (exact) mass is 324 g/mol. The standard InChI is InChI=1S/C19H20N2O3/c1-12-8-9-15(13(2)10-12)20-19(23)18-11-21(14(3)22)16-6-4-5-7-17(16)24-18/h4-10,18H,11H2,1-3H3,(H,20,23). The summed E-state index contributed by atoms with van der Waals surface area (Å²) in [6, 6.07) is 13.1. The maximum atomic E-state index is 12.6. The van der Waals surface area contributed by atoms with Gasteiger partial charge in [-0.05, 0) is 37.6 Å². The van der Waals surface area contributed by atoms with E-state index in [0.717, 1.165) is 16.8 Å². The second kappa shape index (κ2) is 6.35. The van der Waals surface area contributed by atoms with Crippen molar-refractivity contribution in [2.24, 2.45) is 0 Å². The highest BCUT2D eigenvalue weighted by atomic mass is 16.5. The fourth-order valence-electron chi connectivity index (χ4n) is 2.84. The molecule has 0 fully saturated rings. The number of aryl methyl sites for hydroxylation is 2. The summed E-state index contributed by atoms with van der Waals surface area (Å²) in [5.74, 6) is 0.164. The third kappa shape index (κ3) is 3.11. The summed E-state index contributed by atoms with van der Waals surface area (Å²) in [5, 5.41) is 2.90. The van der Waals surface area contributed by atoms with E-state index < -0.39 is 6.10 Å². The van der Waals surface area contributed by atoms with Crippen LogP contribution in [0.5, 0.6) is 5.75 Å². The molecule has 1 heterocycles. The van der Waals surface area contributed by atoms with Gasteiger partial charge in [0.2, 0.25) is 5.91 Å². The molecule has 0 radical (unpaired) electrons. The average molecular weight is 324 g/mol. The van der Waals surface area contributed by atoms with Crippen molar-refractivity contribution >= 4 is 23.2 Å². The third-order valence-electron chi connectivity index (χ3n) is 4.09. The first-order valence-corrected chi connectivity index (χ1v) is 7.87. The van der Waals surface area contributed by atoms with Gasteiger partial charge < -0.3 is 15.0 Å². The SMILES string of the molecule is CC(=O)N1CC(C(=O)Nc2ccc(C)cc2C)Oc2ccccc21. The van der Waals surface area contributed by atoms with Crippen LogP contribution in [0.1, 0.15) is 18.1 Å². The van der Waals surface area contributed by atoms with Crippen LogP contribution < -0.4 is 15.0 Å². The van der Waals surface area contributed by atoms with Crippen LogP contribution in [0, 0.1) is 13.8 Å². The van der Waals surface area contributed by atoms with Crippen molar-refractivity contribution in [1.82, 2.24) is 0 Å². The highest BCUT2D eigenvalue weighted by molar-refractivity contribution is 5.99. The van der Waals surface area contributed by atoms with Crippen LogP contribution in [0.25, 0.3) is 0 Å². The number of hydrogen-bond acceptors (Lipinski definition) is 3. The lowest BCUT2D eigenvalue weighted by Crippen LogP contribution is -2.48. The van der Waals surface area contributed by atoms with Gasteiger partial charge in [-0.3, -0.25) is 9.59 Å². The zero-order chi connectivity index (χ0) is 17.3. The smallest absolute Gasteiger partial charge is 0.267 e. The number of carbonyl (C=O) groups excluding carboxylic acids is 2. The van der Waals surface area contributed by atoms with E-state index in [4.69, 9.17) is 4.74 Å². The molecule has 1 atom stereocenters. The molecule has 2 aromatic rings. The lowest BCUT2D eigenvalue weighted by atomic mass is 10.1. The van der Waals surface area contributed by atoms with Gasteiger partial charge in [0.1, 0.15) is 5.75 Å². The van der Waals surface area contributed by atoms with E-state index in [0.29, 0.717) is 11.4 Å². The van der Waals surface area contributed by atoms with E-state index in [9.17, 15) is 9.59 Å². The Morgan fingerprint density at radius 3 is 2.62 bits per heavy atom. The van der Waals surface area contributed by atoms with Crippen LogP contribution >= 0.6 is 0 Å². The van der Waals surface area contributed by atoms with Crippen molar-refractivity contribution in [1.29, 1.82) is 0 Å². The topological polar surface area (TPSA) is 58.6 Å². The van der Waals surface area contributed by atoms with Gasteiger partial charge in [0.05, 0.1) is 12.2 Å². The lowest BCUT2D eigenvalue weighted by Gasteiger charge is -2.33. The number of nitrogens with zero attached hydrogens (tertiary/aromatic N) is 1. The van der Waals surface area contributed by atoms with E-state index >= 15 is 0 Å². The molecule has 2 aromatic carbocycles. The number of amides is 2. The first-order valence-electron chi connectivity index (χ1n) is 7.87. The maximum Gasteiger partial charge on any atom is 0.267 e. The Morgan fingerprint density at radius 1 is 1.17 bits per heavy atom. The van der Waals surface area contributed by atoms with Crippen LogP contribution in [0.15, 0.2) is 42.5 Å². The Hall–Kier alpha value is -2.82. The van der Waals surface area contributed by atoms with Crippen LogP contribution in [0.3, 0.4) is 0 Å². The molecule has 1 N–H and O–H groups in total. The number of anilines is 2. The average Bonchev–Trinajstić information content (AvgIpc) is 2.56. The van der Waals surface area contributed by atoms with E-state index in [-0.39, 0.29) is 18.4 Å². The Balaban J connectivity index is 1.82. The molecule has 5 nitrogen and oxygen atoms in total. The molecule has 0 spiro atoms. The molecule has 0 saturated carbocycles. The predicted molar refractivity (Wildman–Crippen MR) is 93.4 cm³/mol. The quantitative estimate of drug-likeness (QED) is 0.923. The van der Waals surface area contributed by atoms with Gasteiger partial charge in [0, 0.05) is 12.6 Å². The van der Waals surface area contributed by atoms with Crippen molar-refractivity contribution in [2.45, 2.75) is 26.9 Å². The molecule has 2 amide bonds. The lowest BCUT2D eigenvalue weighted by molar-refractivity contribution is -0.123. The van der Waals surface area contributed by atoms with Gasteiger partial charge in [-0.25, -0.2) is 0 Å². The summed E-state index contributed by atoms with van der Waals surface area (Å²) in [6.45, 7) is 5.64. The zero-order valence-electron chi connectivity index (χ0n) is 14.0. The fraction of sp³-hybridized carbons (Fsp3) is 0.263. The van der Waals surface area contributed by atoms with Crippen molar-refractivity contribution < 1.29 is 14.3 Å². The van der Waals surface area contributed by atoms with Crippen LogP contribution in [0.4, 0.5) is 11.4 Å². The van der Waals surface area contributed by atoms with Crippen molar-refractivity contribution in [3.05, 3.63) is 53.6 Å². The van der Waals surface area contributed by atoms with E-state index in [1.54, 1.807) is 11.0 Å². The largest absolute Gasteiger partial charge is 0.476 e. The van der Waals surface area contributed by atoms with Gasteiger partial charge in [0.15, 0.2) is 6.10 Å². The number of para-hydroxylation sites is 2. The number of carbonyl (C=O) groups is 2. The normalized spacial score (nSPS) is 16.1. The molecule has 0 bridgehead atoms. The van der Waals surface area contributed by atoms with E-state index in [1.807, 2.05) is 50.2 Å². The predicted octanol–water partition coefficient (Wildman–Crippen LogP) is 3.06. The van der Waals surface area contributed by atoms with Crippen LogP contribution in [-0.2, 0) is 9.59 Å². The highest BCUT2D eigenvalue weighted by Gasteiger charge is 2.32. The number of benzene rings is 2. The molecule has 0 aromatic heterocycles. The maximum absolute atomic E-state index is 12.6. The van der Waals surface area contributed by atoms with Gasteiger partial charge in [-0.1, -0.05) is 29.8 Å².